The summed E-state index contributed by atoms with van der Waals surface area (Å²) in [5.74, 6) is 4.69. The Balaban J connectivity index is 1.98. The fourth-order valence-corrected chi connectivity index (χ4v) is 1.87. The molecule has 2 aromatic rings. The first-order valence-corrected chi connectivity index (χ1v) is 6.76. The molecule has 0 aliphatic carbocycles. The van der Waals surface area contributed by atoms with E-state index in [2.05, 4.69) is 17.2 Å². The number of rotatable bonds is 4. The van der Waals surface area contributed by atoms with Crippen molar-refractivity contribution in [2.75, 3.05) is 25.5 Å². The summed E-state index contributed by atoms with van der Waals surface area (Å²) in [6.45, 7) is 0.106. The topological polar surface area (TPSA) is 88.6 Å². The van der Waals surface area contributed by atoms with Crippen molar-refractivity contribution in [1.82, 2.24) is 5.32 Å². The van der Waals surface area contributed by atoms with Crippen molar-refractivity contribution in [1.29, 1.82) is 0 Å². The van der Waals surface area contributed by atoms with Crippen LogP contribution in [-0.4, -0.2) is 31.5 Å². The van der Waals surface area contributed by atoms with Crippen LogP contribution in [0.3, 0.4) is 0 Å². The zero-order valence-electron chi connectivity index (χ0n) is 12.7. The molecule has 118 valence electrons. The monoisotopic (exact) mass is 313 g/mol. The van der Waals surface area contributed by atoms with Crippen LogP contribution < -0.4 is 10.2 Å². The number of nitrogens with zero attached hydrogens (tertiary/aromatic N) is 2. The lowest BCUT2D eigenvalue weighted by Crippen LogP contribution is -2.23. The van der Waals surface area contributed by atoms with E-state index in [1.165, 1.54) is 6.07 Å². The summed E-state index contributed by atoms with van der Waals surface area (Å²) < 4.78 is 4.81. The third kappa shape index (κ3) is 4.11. The molecule has 23 heavy (non-hydrogen) atoms. The van der Waals surface area contributed by atoms with Crippen molar-refractivity contribution in [2.24, 2.45) is 0 Å². The van der Waals surface area contributed by atoms with E-state index in [1.807, 2.05) is 43.3 Å². The minimum absolute atomic E-state index is 0.106. The smallest absolute Gasteiger partial charge is 0.395 e. The number of benzene rings is 1. The van der Waals surface area contributed by atoms with E-state index in [-0.39, 0.29) is 12.3 Å². The van der Waals surface area contributed by atoms with Gasteiger partial charge in [0, 0.05) is 19.7 Å². The highest BCUT2D eigenvalue weighted by Gasteiger charge is 2.16. The van der Waals surface area contributed by atoms with Gasteiger partial charge in [0.2, 0.25) is 0 Å². The van der Waals surface area contributed by atoms with Gasteiger partial charge in [-0.2, -0.15) is 0 Å². The van der Waals surface area contributed by atoms with Crippen LogP contribution in [-0.2, 0) is 0 Å². The summed E-state index contributed by atoms with van der Waals surface area (Å²) in [5, 5.41) is 13.0. The Morgan fingerprint density at radius 1 is 1.30 bits per heavy atom. The Bertz CT molecular complexity index is 784. The maximum Gasteiger partial charge on any atom is 0.433 e. The SMILES string of the molecule is CN(C)c1ccccc1C#CCNC(=O)c1ccc([N+](=O)[O-])o1. The number of carbonyl (C=O) groups is 1. The normalized spacial score (nSPS) is 9.65. The third-order valence-electron chi connectivity index (χ3n) is 2.94. The molecule has 0 saturated heterocycles. The number of hydrogen-bond acceptors (Lipinski definition) is 5. The minimum atomic E-state index is -0.700. The molecule has 0 atom stereocenters. The summed E-state index contributed by atoms with van der Waals surface area (Å²) in [6.07, 6.45) is 0. The third-order valence-corrected chi connectivity index (χ3v) is 2.94. The molecule has 7 nitrogen and oxygen atoms in total. The Hall–Kier alpha value is -3.27. The van der Waals surface area contributed by atoms with Crippen LogP contribution in [0.15, 0.2) is 40.8 Å². The van der Waals surface area contributed by atoms with E-state index in [4.69, 9.17) is 4.42 Å². The molecular formula is C16H15N3O4. The molecule has 0 spiro atoms. The number of nitrogens with one attached hydrogen (secondary N) is 1. The fourth-order valence-electron chi connectivity index (χ4n) is 1.87. The predicted octanol–water partition coefficient (Wildman–Crippen LogP) is 2.04. The maximum atomic E-state index is 11.8. The first kappa shape index (κ1) is 16.1. The molecule has 1 amide bonds. The number of nitro groups is 1. The Morgan fingerprint density at radius 3 is 2.70 bits per heavy atom. The number of carbonyl (C=O) groups excluding carboxylic acids is 1. The summed E-state index contributed by atoms with van der Waals surface area (Å²) >= 11 is 0. The lowest BCUT2D eigenvalue weighted by Gasteiger charge is -2.13. The number of para-hydroxylation sites is 1. The van der Waals surface area contributed by atoms with Crippen LogP contribution in [0.5, 0.6) is 0 Å². The van der Waals surface area contributed by atoms with E-state index in [9.17, 15) is 14.9 Å². The molecule has 0 aliphatic rings. The number of amides is 1. The molecule has 0 saturated carbocycles. The number of hydrogen-bond donors (Lipinski definition) is 1. The fraction of sp³-hybridized carbons (Fsp3) is 0.188. The van der Waals surface area contributed by atoms with Gasteiger partial charge in [0.25, 0.3) is 5.91 Å². The summed E-state index contributed by atoms with van der Waals surface area (Å²) in [7, 11) is 3.85. The van der Waals surface area contributed by atoms with Crippen molar-refractivity contribution in [3.8, 4) is 11.8 Å². The van der Waals surface area contributed by atoms with Crippen LogP contribution in [0.4, 0.5) is 11.6 Å². The van der Waals surface area contributed by atoms with Gasteiger partial charge in [-0.25, -0.2) is 0 Å². The van der Waals surface area contributed by atoms with Crippen LogP contribution >= 0.6 is 0 Å². The van der Waals surface area contributed by atoms with E-state index in [0.29, 0.717) is 0 Å². The second kappa shape index (κ2) is 7.13. The van der Waals surface area contributed by atoms with Gasteiger partial charge in [0.15, 0.2) is 5.76 Å². The van der Waals surface area contributed by atoms with Gasteiger partial charge in [-0.15, -0.1) is 0 Å². The van der Waals surface area contributed by atoms with Gasteiger partial charge in [-0.1, -0.05) is 24.0 Å². The zero-order chi connectivity index (χ0) is 16.8. The van der Waals surface area contributed by atoms with Gasteiger partial charge in [0.1, 0.15) is 4.92 Å². The molecule has 7 heteroatoms. The minimum Gasteiger partial charge on any atom is -0.395 e. The zero-order valence-corrected chi connectivity index (χ0v) is 12.7. The highest BCUT2D eigenvalue weighted by atomic mass is 16.6. The largest absolute Gasteiger partial charge is 0.433 e. The standard InChI is InChI=1S/C16H15N3O4/c1-18(2)13-8-4-3-6-12(13)7-5-11-17-16(20)14-9-10-15(23-14)19(21)22/h3-4,6,8-10H,11H2,1-2H3,(H,17,20). The molecule has 1 aromatic heterocycles. The summed E-state index contributed by atoms with van der Waals surface area (Å²) in [4.78, 5) is 23.5. The molecular weight excluding hydrogens is 298 g/mol. The van der Waals surface area contributed by atoms with Crippen LogP contribution in [0.1, 0.15) is 16.1 Å². The lowest BCUT2D eigenvalue weighted by molar-refractivity contribution is -0.402. The maximum absolute atomic E-state index is 11.8. The highest BCUT2D eigenvalue weighted by Crippen LogP contribution is 2.16. The Morgan fingerprint density at radius 2 is 2.04 bits per heavy atom. The first-order valence-electron chi connectivity index (χ1n) is 6.76. The van der Waals surface area contributed by atoms with Crippen LogP contribution in [0.25, 0.3) is 0 Å². The van der Waals surface area contributed by atoms with Crippen molar-refractivity contribution in [2.45, 2.75) is 0 Å². The molecule has 0 unspecified atom stereocenters. The molecule has 0 fully saturated rings. The Kier molecular flexibility index (Phi) is 5.00. The molecule has 0 radical (unpaired) electrons. The highest BCUT2D eigenvalue weighted by molar-refractivity contribution is 5.91. The lowest BCUT2D eigenvalue weighted by atomic mass is 10.1. The quantitative estimate of drug-likeness (QED) is 0.530. The van der Waals surface area contributed by atoms with Crippen molar-refractivity contribution >= 4 is 17.5 Å². The van der Waals surface area contributed by atoms with E-state index >= 15 is 0 Å². The van der Waals surface area contributed by atoms with Crippen LogP contribution in [0, 0.1) is 22.0 Å². The van der Waals surface area contributed by atoms with Crippen molar-refractivity contribution < 1.29 is 14.1 Å². The predicted molar refractivity (Wildman–Crippen MR) is 85.3 cm³/mol. The van der Waals surface area contributed by atoms with Gasteiger partial charge in [-0.05, 0) is 18.2 Å². The molecule has 0 aliphatic heterocycles. The second-order valence-corrected chi connectivity index (χ2v) is 4.79. The summed E-state index contributed by atoms with van der Waals surface area (Å²) in [6, 6.07) is 10.0. The van der Waals surface area contributed by atoms with Crippen molar-refractivity contribution in [3.63, 3.8) is 0 Å². The first-order chi connectivity index (χ1) is 11.0. The van der Waals surface area contributed by atoms with Crippen LogP contribution in [0.2, 0.25) is 0 Å². The van der Waals surface area contributed by atoms with Gasteiger partial charge < -0.3 is 14.6 Å². The van der Waals surface area contributed by atoms with E-state index < -0.39 is 16.7 Å². The molecule has 1 heterocycles. The van der Waals surface area contributed by atoms with E-state index in [1.54, 1.807) is 0 Å². The molecule has 2 rings (SSSR count). The van der Waals surface area contributed by atoms with Gasteiger partial charge in [0.05, 0.1) is 18.3 Å². The van der Waals surface area contributed by atoms with Gasteiger partial charge in [-0.3, -0.25) is 14.9 Å². The average molecular weight is 313 g/mol. The van der Waals surface area contributed by atoms with Crippen molar-refractivity contribution in [3.05, 3.63) is 57.8 Å². The average Bonchev–Trinajstić information content (AvgIpc) is 3.02. The molecule has 1 aromatic carbocycles. The number of anilines is 1. The number of furan rings is 1. The van der Waals surface area contributed by atoms with E-state index in [0.717, 1.165) is 17.3 Å². The molecule has 1 N–H and O–H groups in total. The van der Waals surface area contributed by atoms with Gasteiger partial charge >= 0.3 is 5.88 Å². The molecule has 0 bridgehead atoms. The summed E-state index contributed by atoms with van der Waals surface area (Å²) in [5.41, 5.74) is 1.83. The Labute approximate surface area is 133 Å². The second-order valence-electron chi connectivity index (χ2n) is 4.79.